The van der Waals surface area contributed by atoms with Crippen LogP contribution in [0.4, 0.5) is 0 Å². The van der Waals surface area contributed by atoms with E-state index in [0.29, 0.717) is 12.3 Å². The summed E-state index contributed by atoms with van der Waals surface area (Å²) in [6, 6.07) is 15.3. The molecule has 0 heterocycles. The van der Waals surface area contributed by atoms with Crippen molar-refractivity contribution in [3.63, 3.8) is 0 Å². The van der Waals surface area contributed by atoms with Crippen molar-refractivity contribution in [1.29, 1.82) is 0 Å². The van der Waals surface area contributed by atoms with Crippen LogP contribution >= 0.6 is 15.9 Å². The zero-order valence-electron chi connectivity index (χ0n) is 15.5. The van der Waals surface area contributed by atoms with Crippen LogP contribution in [-0.4, -0.2) is 44.7 Å². The van der Waals surface area contributed by atoms with Gasteiger partial charge in [0.25, 0.3) is 5.91 Å². The van der Waals surface area contributed by atoms with Crippen molar-refractivity contribution in [3.05, 3.63) is 58.6 Å². The molecule has 2 rings (SSSR count). The molecule has 1 amide bonds. The third-order valence-corrected chi connectivity index (χ3v) is 4.62. The summed E-state index contributed by atoms with van der Waals surface area (Å²) in [4.78, 5) is 14.5. The van der Waals surface area contributed by atoms with Gasteiger partial charge in [-0.15, -0.1) is 0 Å². The van der Waals surface area contributed by atoms with Gasteiger partial charge in [-0.1, -0.05) is 28.1 Å². The van der Waals surface area contributed by atoms with Crippen LogP contribution in [0.3, 0.4) is 0 Å². The van der Waals surface area contributed by atoms with E-state index in [-0.39, 0.29) is 11.9 Å². The summed E-state index contributed by atoms with van der Waals surface area (Å²) in [6.45, 7) is 2.24. The number of carbonyl (C=O) groups excluding carboxylic acids is 1. The monoisotopic (exact) mass is 420 g/mol. The van der Waals surface area contributed by atoms with Gasteiger partial charge in [-0.25, -0.2) is 0 Å². The first-order chi connectivity index (χ1) is 12.4. The molecule has 6 heteroatoms. The molecule has 0 aliphatic carbocycles. The Hall–Kier alpha value is -2.05. The SMILES string of the molecule is COc1ccc(C(CNC(=O)C(C)Oc2ccc(Br)cc2)N(C)C)cc1. The molecular formula is C20H25BrN2O3. The number of likely N-dealkylation sites (N-methyl/N-ethyl adjacent to an activating group) is 1. The van der Waals surface area contributed by atoms with Crippen LogP contribution in [0.5, 0.6) is 11.5 Å². The summed E-state index contributed by atoms with van der Waals surface area (Å²) >= 11 is 3.38. The lowest BCUT2D eigenvalue weighted by atomic mass is 10.1. The fourth-order valence-corrected chi connectivity index (χ4v) is 2.80. The van der Waals surface area contributed by atoms with Crippen molar-refractivity contribution < 1.29 is 14.3 Å². The van der Waals surface area contributed by atoms with Crippen molar-refractivity contribution in [2.45, 2.75) is 19.1 Å². The highest BCUT2D eigenvalue weighted by atomic mass is 79.9. The number of carbonyl (C=O) groups is 1. The lowest BCUT2D eigenvalue weighted by molar-refractivity contribution is -0.127. The van der Waals surface area contributed by atoms with E-state index in [1.807, 2.05) is 62.6 Å². The molecule has 0 fully saturated rings. The number of rotatable bonds is 8. The second kappa shape index (κ2) is 9.59. The minimum atomic E-state index is -0.574. The highest BCUT2D eigenvalue weighted by Crippen LogP contribution is 2.21. The number of methoxy groups -OCH3 is 1. The minimum absolute atomic E-state index is 0.0599. The van der Waals surface area contributed by atoms with Gasteiger partial charge in [-0.05, 0) is 63.0 Å². The standard InChI is InChI=1S/C20H25BrN2O3/c1-14(26-18-11-7-16(21)8-12-18)20(24)22-13-19(23(2)3)15-5-9-17(25-4)10-6-15/h5-12,14,19H,13H2,1-4H3,(H,22,24). The molecule has 0 spiro atoms. The molecule has 1 N–H and O–H groups in total. The maximum Gasteiger partial charge on any atom is 0.260 e. The van der Waals surface area contributed by atoms with Gasteiger partial charge in [0.1, 0.15) is 11.5 Å². The van der Waals surface area contributed by atoms with Crippen LogP contribution in [0, 0.1) is 0 Å². The van der Waals surface area contributed by atoms with E-state index in [9.17, 15) is 4.79 Å². The van der Waals surface area contributed by atoms with Crippen LogP contribution in [-0.2, 0) is 4.79 Å². The Morgan fingerprint density at radius 1 is 1.08 bits per heavy atom. The van der Waals surface area contributed by atoms with Gasteiger partial charge in [-0.3, -0.25) is 4.79 Å². The number of benzene rings is 2. The van der Waals surface area contributed by atoms with Gasteiger partial charge in [0.15, 0.2) is 6.10 Å². The zero-order valence-corrected chi connectivity index (χ0v) is 17.1. The summed E-state index contributed by atoms with van der Waals surface area (Å²) in [5.74, 6) is 1.33. The molecular weight excluding hydrogens is 396 g/mol. The highest BCUT2D eigenvalue weighted by Gasteiger charge is 2.19. The number of halogens is 1. The summed E-state index contributed by atoms with van der Waals surface area (Å²) in [6.07, 6.45) is -0.574. The second-order valence-electron chi connectivity index (χ2n) is 6.21. The summed E-state index contributed by atoms with van der Waals surface area (Å²) in [7, 11) is 5.62. The van der Waals surface area contributed by atoms with Gasteiger partial charge >= 0.3 is 0 Å². The number of amides is 1. The highest BCUT2D eigenvalue weighted by molar-refractivity contribution is 9.10. The predicted molar refractivity (Wildman–Crippen MR) is 107 cm³/mol. The van der Waals surface area contributed by atoms with Crippen molar-refractivity contribution in [3.8, 4) is 11.5 Å². The molecule has 0 aliphatic heterocycles. The van der Waals surface area contributed by atoms with E-state index in [2.05, 4.69) is 26.1 Å². The lowest BCUT2D eigenvalue weighted by Crippen LogP contribution is -2.41. The molecule has 0 saturated heterocycles. The molecule has 0 radical (unpaired) electrons. The maximum absolute atomic E-state index is 12.4. The Morgan fingerprint density at radius 2 is 1.65 bits per heavy atom. The van der Waals surface area contributed by atoms with Crippen LogP contribution < -0.4 is 14.8 Å². The number of nitrogens with zero attached hydrogens (tertiary/aromatic N) is 1. The van der Waals surface area contributed by atoms with Gasteiger partial charge < -0.3 is 19.7 Å². The zero-order chi connectivity index (χ0) is 19.1. The quantitative estimate of drug-likeness (QED) is 0.707. The van der Waals surface area contributed by atoms with E-state index >= 15 is 0 Å². The van der Waals surface area contributed by atoms with Crippen LogP contribution in [0.1, 0.15) is 18.5 Å². The third-order valence-electron chi connectivity index (χ3n) is 4.09. The summed E-state index contributed by atoms with van der Waals surface area (Å²) < 4.78 is 11.9. The lowest BCUT2D eigenvalue weighted by Gasteiger charge is -2.26. The average molecular weight is 421 g/mol. The predicted octanol–water partition coefficient (Wildman–Crippen LogP) is 3.64. The van der Waals surface area contributed by atoms with Crippen LogP contribution in [0.15, 0.2) is 53.0 Å². The number of ether oxygens (including phenoxy) is 2. The van der Waals surface area contributed by atoms with Gasteiger partial charge in [0.05, 0.1) is 13.2 Å². The van der Waals surface area contributed by atoms with E-state index < -0.39 is 6.10 Å². The van der Waals surface area contributed by atoms with Crippen molar-refractivity contribution in [2.24, 2.45) is 0 Å². The molecule has 2 aromatic rings. The Bertz CT molecular complexity index is 702. The fraction of sp³-hybridized carbons (Fsp3) is 0.350. The Labute approximate surface area is 163 Å². The Morgan fingerprint density at radius 3 is 2.19 bits per heavy atom. The Kier molecular flexibility index (Phi) is 7.48. The van der Waals surface area contributed by atoms with Crippen molar-refractivity contribution in [2.75, 3.05) is 27.7 Å². The number of nitrogens with one attached hydrogen (secondary N) is 1. The Balaban J connectivity index is 1.94. The molecule has 2 atom stereocenters. The first-order valence-corrected chi connectivity index (χ1v) is 9.20. The van der Waals surface area contributed by atoms with E-state index in [1.165, 1.54) is 0 Å². The van der Waals surface area contributed by atoms with E-state index in [4.69, 9.17) is 9.47 Å². The summed E-state index contributed by atoms with van der Waals surface area (Å²) in [5.41, 5.74) is 1.11. The smallest absolute Gasteiger partial charge is 0.260 e. The molecule has 2 unspecified atom stereocenters. The molecule has 0 aliphatic rings. The normalized spacial score (nSPS) is 13.2. The van der Waals surface area contributed by atoms with Crippen molar-refractivity contribution in [1.82, 2.24) is 10.2 Å². The maximum atomic E-state index is 12.4. The molecule has 2 aromatic carbocycles. The fourth-order valence-electron chi connectivity index (χ4n) is 2.54. The largest absolute Gasteiger partial charge is 0.497 e. The van der Waals surface area contributed by atoms with Gasteiger partial charge in [0, 0.05) is 11.0 Å². The first kappa shape index (κ1) is 20.3. The molecule has 5 nitrogen and oxygen atoms in total. The van der Waals surface area contributed by atoms with E-state index in [1.54, 1.807) is 14.0 Å². The average Bonchev–Trinajstić information content (AvgIpc) is 2.63. The van der Waals surface area contributed by atoms with E-state index in [0.717, 1.165) is 15.8 Å². The second-order valence-corrected chi connectivity index (χ2v) is 7.13. The van der Waals surface area contributed by atoms with Gasteiger partial charge in [0.2, 0.25) is 0 Å². The number of hydrogen-bond acceptors (Lipinski definition) is 4. The molecule has 0 saturated carbocycles. The van der Waals surface area contributed by atoms with Gasteiger partial charge in [-0.2, -0.15) is 0 Å². The summed E-state index contributed by atoms with van der Waals surface area (Å²) in [5, 5.41) is 2.98. The molecule has 140 valence electrons. The first-order valence-electron chi connectivity index (χ1n) is 8.41. The minimum Gasteiger partial charge on any atom is -0.497 e. The molecule has 26 heavy (non-hydrogen) atoms. The van der Waals surface area contributed by atoms with Crippen LogP contribution in [0.25, 0.3) is 0 Å². The topological polar surface area (TPSA) is 50.8 Å². The third kappa shape index (κ3) is 5.75. The molecule has 0 aromatic heterocycles. The van der Waals surface area contributed by atoms with Crippen molar-refractivity contribution >= 4 is 21.8 Å². The van der Waals surface area contributed by atoms with Crippen LogP contribution in [0.2, 0.25) is 0 Å². The number of hydrogen-bond donors (Lipinski definition) is 1. The molecule has 0 bridgehead atoms.